The Hall–Kier alpha value is -0.120. The fraction of sp³-hybridized carbons (Fsp3) is 1.00. The number of hydrogen-bond donors (Lipinski definition) is 1. The van der Waals surface area contributed by atoms with E-state index in [0.717, 1.165) is 25.0 Å². The highest BCUT2D eigenvalue weighted by Gasteiger charge is 2.25. The van der Waals surface area contributed by atoms with E-state index in [-0.39, 0.29) is 0 Å². The molecule has 0 aromatic heterocycles. The lowest BCUT2D eigenvalue weighted by molar-refractivity contribution is 0.143. The first-order valence-electron chi connectivity index (χ1n) is 7.46. The van der Waals surface area contributed by atoms with Crippen LogP contribution in [0.2, 0.25) is 0 Å². The second-order valence-electron chi connectivity index (χ2n) is 5.93. The third kappa shape index (κ3) is 3.94. The fourth-order valence-corrected chi connectivity index (χ4v) is 3.37. The van der Waals surface area contributed by atoms with Gasteiger partial charge in [0.15, 0.2) is 0 Å². The zero-order chi connectivity index (χ0) is 12.1. The van der Waals surface area contributed by atoms with Crippen molar-refractivity contribution in [2.45, 2.75) is 45.1 Å². The molecule has 2 rings (SSSR count). The van der Waals surface area contributed by atoms with E-state index in [1.165, 1.54) is 58.3 Å². The molecule has 0 aromatic carbocycles. The molecule has 0 aromatic rings. The van der Waals surface area contributed by atoms with Crippen LogP contribution in [0.25, 0.3) is 0 Å². The monoisotopic (exact) mass is 239 g/mol. The van der Waals surface area contributed by atoms with Crippen molar-refractivity contribution < 1.29 is 0 Å². The van der Waals surface area contributed by atoms with Gasteiger partial charge in [-0.3, -0.25) is 4.90 Å². The Kier molecular flexibility index (Phi) is 5.26. The quantitative estimate of drug-likeness (QED) is 0.811. The lowest BCUT2D eigenvalue weighted by Crippen LogP contribution is -2.40. The molecule has 1 heterocycles. The van der Waals surface area contributed by atoms with Gasteiger partial charge in [-0.2, -0.15) is 0 Å². The van der Waals surface area contributed by atoms with Crippen molar-refractivity contribution in [1.29, 1.82) is 0 Å². The summed E-state index contributed by atoms with van der Waals surface area (Å²) >= 11 is 0. The smallest absolute Gasteiger partial charge is 0.0112 e. The largest absolute Gasteiger partial charge is 0.329 e. The van der Waals surface area contributed by atoms with Crippen LogP contribution in [0.5, 0.6) is 0 Å². The Bertz CT molecular complexity index is 212. The van der Waals surface area contributed by atoms with Crippen molar-refractivity contribution in [3.8, 4) is 0 Å². The molecular formula is C14H29N3. The predicted molar refractivity (Wildman–Crippen MR) is 73.1 cm³/mol. The van der Waals surface area contributed by atoms with Crippen molar-refractivity contribution in [3.05, 3.63) is 0 Å². The van der Waals surface area contributed by atoms with E-state index in [2.05, 4.69) is 16.7 Å². The molecule has 17 heavy (non-hydrogen) atoms. The van der Waals surface area contributed by atoms with Crippen LogP contribution < -0.4 is 5.73 Å². The van der Waals surface area contributed by atoms with Crippen LogP contribution in [0, 0.1) is 5.92 Å². The molecule has 0 spiro atoms. The van der Waals surface area contributed by atoms with Gasteiger partial charge in [0, 0.05) is 32.2 Å². The van der Waals surface area contributed by atoms with E-state index in [1.807, 2.05) is 0 Å². The van der Waals surface area contributed by atoms with Crippen LogP contribution in [-0.2, 0) is 0 Å². The molecule has 1 aliphatic heterocycles. The highest BCUT2D eigenvalue weighted by molar-refractivity contribution is 4.81. The van der Waals surface area contributed by atoms with Gasteiger partial charge in [-0.25, -0.2) is 0 Å². The first-order chi connectivity index (χ1) is 8.29. The van der Waals surface area contributed by atoms with Gasteiger partial charge in [0.25, 0.3) is 0 Å². The lowest BCUT2D eigenvalue weighted by atomic mass is 9.86. The molecule has 1 aliphatic carbocycles. The van der Waals surface area contributed by atoms with E-state index in [4.69, 9.17) is 5.73 Å². The van der Waals surface area contributed by atoms with E-state index in [1.54, 1.807) is 0 Å². The first-order valence-corrected chi connectivity index (χ1v) is 7.46. The molecule has 2 N–H and O–H groups in total. The van der Waals surface area contributed by atoms with Crippen LogP contribution in [0.3, 0.4) is 0 Å². The standard InChI is InChI=1S/C14H29N3/c1-13-3-5-14(6-4-13)17-9-2-8-16(10-7-15)11-12-17/h13-14H,2-12,15H2,1H3. The third-order valence-electron chi connectivity index (χ3n) is 4.57. The molecule has 2 fully saturated rings. The van der Waals surface area contributed by atoms with E-state index >= 15 is 0 Å². The molecule has 3 heteroatoms. The zero-order valence-electron chi connectivity index (χ0n) is 11.4. The Balaban J connectivity index is 1.78. The normalized spacial score (nSPS) is 33.5. The first kappa shape index (κ1) is 13.3. The Labute approximate surface area is 106 Å². The average molecular weight is 239 g/mol. The minimum absolute atomic E-state index is 0.806. The zero-order valence-corrected chi connectivity index (χ0v) is 11.4. The van der Waals surface area contributed by atoms with Gasteiger partial charge >= 0.3 is 0 Å². The Morgan fingerprint density at radius 1 is 1.00 bits per heavy atom. The summed E-state index contributed by atoms with van der Waals surface area (Å²) in [6.07, 6.45) is 7.06. The Morgan fingerprint density at radius 2 is 1.76 bits per heavy atom. The molecule has 2 aliphatic rings. The summed E-state index contributed by atoms with van der Waals surface area (Å²) < 4.78 is 0. The van der Waals surface area contributed by atoms with Crippen LogP contribution in [-0.4, -0.2) is 55.1 Å². The maximum absolute atomic E-state index is 5.65. The molecular weight excluding hydrogens is 210 g/mol. The van der Waals surface area contributed by atoms with Gasteiger partial charge in [0.1, 0.15) is 0 Å². The number of hydrogen-bond acceptors (Lipinski definition) is 3. The van der Waals surface area contributed by atoms with Gasteiger partial charge in [-0.1, -0.05) is 6.92 Å². The number of nitrogens with zero attached hydrogens (tertiary/aromatic N) is 2. The lowest BCUT2D eigenvalue weighted by Gasteiger charge is -2.35. The van der Waals surface area contributed by atoms with Crippen LogP contribution >= 0.6 is 0 Å². The molecule has 0 bridgehead atoms. The van der Waals surface area contributed by atoms with Gasteiger partial charge in [-0.15, -0.1) is 0 Å². The SMILES string of the molecule is CC1CCC(N2CCCN(CCN)CC2)CC1. The van der Waals surface area contributed by atoms with Gasteiger partial charge in [0.05, 0.1) is 0 Å². The summed E-state index contributed by atoms with van der Waals surface area (Å²) in [5.74, 6) is 0.965. The summed E-state index contributed by atoms with van der Waals surface area (Å²) in [6, 6.07) is 0.879. The maximum Gasteiger partial charge on any atom is 0.0112 e. The number of nitrogens with two attached hydrogens (primary N) is 1. The second kappa shape index (κ2) is 6.72. The summed E-state index contributed by atoms with van der Waals surface area (Å²) in [4.78, 5) is 5.29. The summed E-state index contributed by atoms with van der Waals surface area (Å²) in [5.41, 5.74) is 5.65. The van der Waals surface area contributed by atoms with Crippen LogP contribution in [0.15, 0.2) is 0 Å². The fourth-order valence-electron chi connectivity index (χ4n) is 3.37. The number of rotatable bonds is 3. The van der Waals surface area contributed by atoms with E-state index < -0.39 is 0 Å². The van der Waals surface area contributed by atoms with Gasteiger partial charge in [-0.05, 0) is 51.1 Å². The van der Waals surface area contributed by atoms with E-state index in [0.29, 0.717) is 0 Å². The molecule has 0 amide bonds. The van der Waals surface area contributed by atoms with Crippen molar-refractivity contribution >= 4 is 0 Å². The average Bonchev–Trinajstić information content (AvgIpc) is 2.56. The van der Waals surface area contributed by atoms with Gasteiger partial charge < -0.3 is 10.6 Å². The van der Waals surface area contributed by atoms with Crippen LogP contribution in [0.4, 0.5) is 0 Å². The van der Waals surface area contributed by atoms with E-state index in [9.17, 15) is 0 Å². The third-order valence-corrected chi connectivity index (χ3v) is 4.57. The highest BCUT2D eigenvalue weighted by Crippen LogP contribution is 2.27. The van der Waals surface area contributed by atoms with Crippen molar-refractivity contribution in [3.63, 3.8) is 0 Å². The molecule has 1 saturated heterocycles. The molecule has 0 atom stereocenters. The minimum Gasteiger partial charge on any atom is -0.329 e. The summed E-state index contributed by atoms with van der Waals surface area (Å²) in [6.45, 7) is 9.33. The topological polar surface area (TPSA) is 32.5 Å². The van der Waals surface area contributed by atoms with Gasteiger partial charge in [0.2, 0.25) is 0 Å². The highest BCUT2D eigenvalue weighted by atomic mass is 15.2. The summed E-state index contributed by atoms with van der Waals surface area (Å²) in [5, 5.41) is 0. The van der Waals surface area contributed by atoms with Crippen molar-refractivity contribution in [1.82, 2.24) is 9.80 Å². The molecule has 100 valence electrons. The maximum atomic E-state index is 5.65. The molecule has 3 nitrogen and oxygen atoms in total. The molecule has 0 unspecified atom stereocenters. The predicted octanol–water partition coefficient (Wildman–Crippen LogP) is 1.53. The minimum atomic E-state index is 0.806. The molecule has 1 saturated carbocycles. The second-order valence-corrected chi connectivity index (χ2v) is 5.93. The van der Waals surface area contributed by atoms with Crippen molar-refractivity contribution in [2.24, 2.45) is 11.7 Å². The summed E-state index contributed by atoms with van der Waals surface area (Å²) in [7, 11) is 0. The molecule has 0 radical (unpaired) electrons. The van der Waals surface area contributed by atoms with Crippen molar-refractivity contribution in [2.75, 3.05) is 39.3 Å². The van der Waals surface area contributed by atoms with Crippen LogP contribution in [0.1, 0.15) is 39.0 Å². The Morgan fingerprint density at radius 3 is 2.47 bits per heavy atom.